The first-order chi connectivity index (χ1) is 4.68. The first-order valence-electron chi connectivity index (χ1n) is 3.08. The van der Waals surface area contributed by atoms with Gasteiger partial charge in [-0.1, -0.05) is 13.3 Å². The van der Waals surface area contributed by atoms with Crippen LogP contribution < -0.4 is 6.15 Å². The van der Waals surface area contributed by atoms with Gasteiger partial charge >= 0.3 is 11.9 Å². The maximum Gasteiger partial charge on any atom is 0.417 e. The van der Waals surface area contributed by atoms with Crippen LogP contribution in [-0.2, 0) is 14.3 Å². The van der Waals surface area contributed by atoms with Crippen LogP contribution in [-0.4, -0.2) is 23.7 Å². The smallest absolute Gasteiger partial charge is 0.417 e. The fraction of sp³-hybridized carbons (Fsp3) is 0.667. The molecule has 66 valence electrons. The van der Waals surface area contributed by atoms with Crippen LogP contribution in [0.2, 0.25) is 0 Å². The molecule has 11 heavy (non-hydrogen) atoms. The highest BCUT2D eigenvalue weighted by Gasteiger charge is 2.11. The number of ether oxygens (including phenoxy) is 1. The van der Waals surface area contributed by atoms with Gasteiger partial charge in [0.15, 0.2) is 0 Å². The zero-order valence-electron chi connectivity index (χ0n) is 6.50. The van der Waals surface area contributed by atoms with Crippen molar-refractivity contribution in [3.05, 3.63) is 0 Å². The van der Waals surface area contributed by atoms with Gasteiger partial charge in [0.1, 0.15) is 0 Å². The topological polar surface area (TPSA) is 98.6 Å². The molecule has 0 saturated heterocycles. The number of carboxylic acid groups (broad SMARTS) is 1. The zero-order chi connectivity index (χ0) is 7.98. The summed E-state index contributed by atoms with van der Waals surface area (Å²) < 4.78 is 4.31. The fourth-order valence-electron chi connectivity index (χ4n) is 0.371. The van der Waals surface area contributed by atoms with E-state index in [2.05, 4.69) is 4.74 Å². The minimum Gasteiger partial charge on any atom is -0.473 e. The molecule has 4 N–H and O–H groups in total. The molecule has 5 nitrogen and oxygen atoms in total. The summed E-state index contributed by atoms with van der Waals surface area (Å²) in [6.45, 7) is 2.12. The van der Waals surface area contributed by atoms with Crippen molar-refractivity contribution in [2.24, 2.45) is 0 Å². The molecular formula is C6H13NO4. The Hall–Kier alpha value is -1.10. The molecule has 0 unspecified atom stereocenters. The summed E-state index contributed by atoms with van der Waals surface area (Å²) in [5.74, 6) is -2.70. The monoisotopic (exact) mass is 163 g/mol. The van der Waals surface area contributed by atoms with E-state index >= 15 is 0 Å². The Kier molecular flexibility index (Phi) is 8.01. The number of rotatable bonds is 3. The van der Waals surface area contributed by atoms with Gasteiger partial charge in [-0.3, -0.25) is 0 Å². The van der Waals surface area contributed by atoms with Crippen LogP contribution in [0.5, 0.6) is 0 Å². The number of hydrogen-bond acceptors (Lipinski definition) is 4. The first kappa shape index (κ1) is 12.6. The van der Waals surface area contributed by atoms with E-state index in [9.17, 15) is 9.59 Å². The van der Waals surface area contributed by atoms with Crippen molar-refractivity contribution in [3.8, 4) is 0 Å². The van der Waals surface area contributed by atoms with Crippen molar-refractivity contribution in [2.75, 3.05) is 6.61 Å². The van der Waals surface area contributed by atoms with Crippen molar-refractivity contribution in [2.45, 2.75) is 19.8 Å². The van der Waals surface area contributed by atoms with Gasteiger partial charge in [-0.05, 0) is 6.42 Å². The third kappa shape index (κ3) is 6.79. The molecule has 0 aromatic rings. The van der Waals surface area contributed by atoms with Crippen LogP contribution in [0.1, 0.15) is 19.8 Å². The summed E-state index contributed by atoms with van der Waals surface area (Å²) in [6, 6.07) is 0. The summed E-state index contributed by atoms with van der Waals surface area (Å²) in [5, 5.41) is 8.01. The quantitative estimate of drug-likeness (QED) is 0.360. The molecular weight excluding hydrogens is 150 g/mol. The lowest BCUT2D eigenvalue weighted by atomic mass is 10.4. The second-order valence-electron chi connectivity index (χ2n) is 1.79. The third-order valence-corrected chi connectivity index (χ3v) is 0.906. The molecule has 0 radical (unpaired) electrons. The molecule has 0 amide bonds. The standard InChI is InChI=1S/C6H10O4.H3N/c1-2-3-4-10-6(9)5(7)8;/h2-4H2,1H3,(H,7,8);1H3. The lowest BCUT2D eigenvalue weighted by Crippen LogP contribution is -2.16. The number of hydrogen-bond donors (Lipinski definition) is 2. The van der Waals surface area contributed by atoms with Gasteiger partial charge in [0.25, 0.3) is 0 Å². The number of unbranched alkanes of at least 4 members (excludes halogenated alkanes) is 1. The Balaban J connectivity index is 0. The predicted molar refractivity (Wildman–Crippen MR) is 38.5 cm³/mol. The molecule has 0 aliphatic carbocycles. The van der Waals surface area contributed by atoms with E-state index in [0.29, 0.717) is 6.42 Å². The second-order valence-corrected chi connectivity index (χ2v) is 1.79. The van der Waals surface area contributed by atoms with Crippen molar-refractivity contribution >= 4 is 11.9 Å². The summed E-state index contributed by atoms with van der Waals surface area (Å²) in [5.41, 5.74) is 0. The number of aliphatic carboxylic acids is 1. The second kappa shape index (κ2) is 7.01. The Labute approximate surface area is 64.9 Å². The highest BCUT2D eigenvalue weighted by atomic mass is 16.6. The van der Waals surface area contributed by atoms with Crippen LogP contribution in [0.3, 0.4) is 0 Å². The molecule has 0 saturated carbocycles. The summed E-state index contributed by atoms with van der Waals surface area (Å²) in [6.07, 6.45) is 1.59. The lowest BCUT2D eigenvalue weighted by Gasteiger charge is -1.97. The number of carboxylic acids is 1. The SMILES string of the molecule is CCCCOC(=O)C(=O)O.N. The van der Waals surface area contributed by atoms with Crippen molar-refractivity contribution in [1.29, 1.82) is 0 Å². The predicted octanol–water partition coefficient (Wildman–Crippen LogP) is 0.576. The van der Waals surface area contributed by atoms with Crippen molar-refractivity contribution in [1.82, 2.24) is 6.15 Å². The largest absolute Gasteiger partial charge is 0.473 e. The third-order valence-electron chi connectivity index (χ3n) is 0.906. The molecule has 0 atom stereocenters. The van der Waals surface area contributed by atoms with Crippen molar-refractivity contribution < 1.29 is 19.4 Å². The van der Waals surface area contributed by atoms with E-state index in [4.69, 9.17) is 5.11 Å². The number of esters is 1. The molecule has 0 aromatic heterocycles. The first-order valence-corrected chi connectivity index (χ1v) is 3.08. The molecule has 0 aromatic carbocycles. The van der Waals surface area contributed by atoms with E-state index in [0.717, 1.165) is 6.42 Å². The van der Waals surface area contributed by atoms with E-state index < -0.39 is 11.9 Å². The molecule has 0 bridgehead atoms. The molecule has 0 fully saturated rings. The number of carbonyl (C=O) groups excluding carboxylic acids is 1. The minimum atomic E-state index is -1.53. The Morgan fingerprint density at radius 1 is 1.45 bits per heavy atom. The number of carbonyl (C=O) groups is 2. The van der Waals surface area contributed by atoms with Crippen molar-refractivity contribution in [3.63, 3.8) is 0 Å². The molecule has 5 heteroatoms. The fourth-order valence-corrected chi connectivity index (χ4v) is 0.371. The molecule has 0 aliphatic heterocycles. The van der Waals surface area contributed by atoms with Gasteiger partial charge in [0.05, 0.1) is 6.61 Å². The van der Waals surface area contributed by atoms with Gasteiger partial charge in [-0.25, -0.2) is 9.59 Å². The summed E-state index contributed by atoms with van der Waals surface area (Å²) in [4.78, 5) is 20.0. The van der Waals surface area contributed by atoms with Gasteiger partial charge in [0.2, 0.25) is 0 Å². The average Bonchev–Trinajstić information content (AvgIpc) is 1.88. The molecule has 0 rings (SSSR count). The Morgan fingerprint density at radius 3 is 2.36 bits per heavy atom. The van der Waals surface area contributed by atoms with E-state index in [-0.39, 0.29) is 12.8 Å². The Bertz CT molecular complexity index is 135. The Morgan fingerprint density at radius 2 is 2.00 bits per heavy atom. The molecule has 0 heterocycles. The van der Waals surface area contributed by atoms with Gasteiger partial charge < -0.3 is 16.0 Å². The maximum atomic E-state index is 10.2. The van der Waals surface area contributed by atoms with E-state index in [1.165, 1.54) is 0 Å². The van der Waals surface area contributed by atoms with Crippen LogP contribution in [0.4, 0.5) is 0 Å². The summed E-state index contributed by atoms with van der Waals surface area (Å²) >= 11 is 0. The molecule has 0 aliphatic rings. The van der Waals surface area contributed by atoms with Crippen LogP contribution in [0.15, 0.2) is 0 Å². The minimum absolute atomic E-state index is 0. The normalized spacial score (nSPS) is 8.09. The van der Waals surface area contributed by atoms with Gasteiger partial charge in [-0.2, -0.15) is 0 Å². The highest BCUT2D eigenvalue weighted by molar-refractivity contribution is 6.28. The van der Waals surface area contributed by atoms with E-state index in [1.54, 1.807) is 0 Å². The van der Waals surface area contributed by atoms with Gasteiger partial charge in [0, 0.05) is 0 Å². The lowest BCUT2D eigenvalue weighted by molar-refractivity contribution is -0.163. The average molecular weight is 163 g/mol. The van der Waals surface area contributed by atoms with E-state index in [1.807, 2.05) is 6.92 Å². The summed E-state index contributed by atoms with van der Waals surface area (Å²) in [7, 11) is 0. The zero-order valence-corrected chi connectivity index (χ0v) is 6.50. The van der Waals surface area contributed by atoms with Crippen LogP contribution in [0, 0.1) is 0 Å². The highest BCUT2D eigenvalue weighted by Crippen LogP contribution is 1.87. The van der Waals surface area contributed by atoms with Crippen LogP contribution in [0.25, 0.3) is 0 Å². The van der Waals surface area contributed by atoms with Crippen LogP contribution >= 0.6 is 0 Å². The van der Waals surface area contributed by atoms with Gasteiger partial charge in [-0.15, -0.1) is 0 Å². The molecule has 0 spiro atoms. The maximum absolute atomic E-state index is 10.2.